The maximum atomic E-state index is 4.09. The Morgan fingerprint density at radius 1 is 0.970 bits per heavy atom. The largest absolute Gasteiger partial charge is 0.0988 e. The third-order valence-electron chi connectivity index (χ3n) is 6.80. The van der Waals surface area contributed by atoms with Crippen LogP contribution in [0.5, 0.6) is 0 Å². The number of allylic oxidation sites excluding steroid dienone is 11. The van der Waals surface area contributed by atoms with E-state index in [2.05, 4.69) is 113 Å². The average molecular weight is 433 g/mol. The van der Waals surface area contributed by atoms with Crippen LogP contribution in [0.25, 0.3) is 11.1 Å². The number of rotatable bonds is 7. The van der Waals surface area contributed by atoms with E-state index >= 15 is 0 Å². The van der Waals surface area contributed by atoms with Crippen molar-refractivity contribution in [2.75, 3.05) is 0 Å². The molecule has 168 valence electrons. The number of aryl methyl sites for hydroxylation is 1. The van der Waals surface area contributed by atoms with Gasteiger partial charge in [0.15, 0.2) is 0 Å². The molecule has 0 saturated carbocycles. The Balaban J connectivity index is 1.52. The first kappa shape index (κ1) is 23.1. The van der Waals surface area contributed by atoms with Crippen molar-refractivity contribution in [2.45, 2.75) is 53.4 Å². The summed E-state index contributed by atoms with van der Waals surface area (Å²) in [6.07, 6.45) is 20.1. The number of fused-ring (bicyclic) bond motifs is 2. The van der Waals surface area contributed by atoms with E-state index in [4.69, 9.17) is 0 Å². The van der Waals surface area contributed by atoms with Gasteiger partial charge in [0.05, 0.1) is 0 Å². The number of hydrogen-bond acceptors (Lipinski definition) is 0. The lowest BCUT2D eigenvalue weighted by molar-refractivity contribution is 0.626. The highest BCUT2D eigenvalue weighted by Gasteiger charge is 2.20. The summed E-state index contributed by atoms with van der Waals surface area (Å²) >= 11 is 0. The summed E-state index contributed by atoms with van der Waals surface area (Å²) in [5.74, 6) is 0. The van der Waals surface area contributed by atoms with E-state index in [-0.39, 0.29) is 5.41 Å². The van der Waals surface area contributed by atoms with E-state index in [1.165, 1.54) is 56.5 Å². The molecule has 0 heteroatoms. The van der Waals surface area contributed by atoms with Crippen LogP contribution in [-0.4, -0.2) is 0 Å². The molecule has 0 amide bonds. The van der Waals surface area contributed by atoms with Crippen molar-refractivity contribution in [2.24, 2.45) is 5.41 Å². The Morgan fingerprint density at radius 2 is 1.79 bits per heavy atom. The molecule has 0 fully saturated rings. The van der Waals surface area contributed by atoms with Gasteiger partial charge in [-0.05, 0) is 76.3 Å². The van der Waals surface area contributed by atoms with E-state index in [1.54, 1.807) is 0 Å². The van der Waals surface area contributed by atoms with Crippen LogP contribution < -0.4 is 0 Å². The SMILES string of the molecule is C=CC1=C(C=CC(C)(C)C=CC=C2Cc3ccccc3C2=CC)c2ccc(CCC)cc2C1. The van der Waals surface area contributed by atoms with Crippen molar-refractivity contribution in [3.8, 4) is 0 Å². The van der Waals surface area contributed by atoms with Crippen LogP contribution in [0.15, 0.2) is 103 Å². The predicted octanol–water partition coefficient (Wildman–Crippen LogP) is 8.86. The Hall–Kier alpha value is -3.12. The zero-order valence-electron chi connectivity index (χ0n) is 20.6. The highest BCUT2D eigenvalue weighted by atomic mass is 14.2. The van der Waals surface area contributed by atoms with E-state index < -0.39 is 0 Å². The van der Waals surface area contributed by atoms with Gasteiger partial charge in [-0.3, -0.25) is 0 Å². The zero-order chi connectivity index (χ0) is 23.4. The van der Waals surface area contributed by atoms with Crippen molar-refractivity contribution in [3.05, 3.63) is 131 Å². The molecule has 4 rings (SSSR count). The fourth-order valence-electron chi connectivity index (χ4n) is 5.02. The Kier molecular flexibility index (Phi) is 6.84. The fourth-order valence-corrected chi connectivity index (χ4v) is 5.02. The molecule has 0 nitrogen and oxygen atoms in total. The first-order chi connectivity index (χ1) is 16.0. The van der Waals surface area contributed by atoms with Crippen molar-refractivity contribution >= 4 is 11.1 Å². The van der Waals surface area contributed by atoms with Gasteiger partial charge >= 0.3 is 0 Å². The van der Waals surface area contributed by atoms with Crippen LogP contribution in [0, 0.1) is 5.41 Å². The molecule has 2 aromatic carbocycles. The smallest absolute Gasteiger partial charge is 0.00109 e. The zero-order valence-corrected chi connectivity index (χ0v) is 20.6. The Labute approximate surface area is 200 Å². The van der Waals surface area contributed by atoms with E-state index in [0.29, 0.717) is 0 Å². The molecule has 33 heavy (non-hydrogen) atoms. The molecule has 2 aliphatic rings. The van der Waals surface area contributed by atoms with Crippen LogP contribution in [0.2, 0.25) is 0 Å². The second kappa shape index (κ2) is 9.79. The molecule has 0 heterocycles. The summed E-state index contributed by atoms with van der Waals surface area (Å²) in [5.41, 5.74) is 12.4. The molecule has 0 bridgehead atoms. The molecular weight excluding hydrogens is 396 g/mol. The highest BCUT2D eigenvalue weighted by molar-refractivity contribution is 5.86. The van der Waals surface area contributed by atoms with Gasteiger partial charge in [-0.25, -0.2) is 0 Å². The van der Waals surface area contributed by atoms with Crippen molar-refractivity contribution in [3.63, 3.8) is 0 Å². The fraction of sp³-hybridized carbons (Fsp3) is 0.273. The van der Waals surface area contributed by atoms with Crippen molar-refractivity contribution in [1.29, 1.82) is 0 Å². The first-order valence-corrected chi connectivity index (χ1v) is 12.3. The molecular formula is C33H36. The lowest BCUT2D eigenvalue weighted by atomic mass is 9.90. The minimum Gasteiger partial charge on any atom is -0.0988 e. The number of hydrogen-bond donors (Lipinski definition) is 0. The minimum atomic E-state index is -0.0389. The molecule has 0 atom stereocenters. The summed E-state index contributed by atoms with van der Waals surface area (Å²) in [6.45, 7) is 13.0. The summed E-state index contributed by atoms with van der Waals surface area (Å²) in [6, 6.07) is 15.7. The molecule has 0 aromatic heterocycles. The quantitative estimate of drug-likeness (QED) is 0.410. The standard InChI is InChI=1S/C33H36/c1-6-12-24-16-17-31-28(21-24)22-25(7-2)32(31)18-20-33(4,5)19-11-14-26-23-27-13-9-10-15-30(27)29(26)8-3/h7-11,13-21H,2,6,12,22-23H2,1,3-5H3. The van der Waals surface area contributed by atoms with E-state index in [1.807, 2.05) is 6.08 Å². The predicted molar refractivity (Wildman–Crippen MR) is 145 cm³/mol. The highest BCUT2D eigenvalue weighted by Crippen LogP contribution is 2.38. The van der Waals surface area contributed by atoms with Gasteiger partial charge in [0, 0.05) is 5.41 Å². The van der Waals surface area contributed by atoms with Gasteiger partial charge in [-0.15, -0.1) is 0 Å². The normalized spacial score (nSPS) is 18.2. The molecule has 2 aromatic rings. The molecule has 0 radical (unpaired) electrons. The van der Waals surface area contributed by atoms with Crippen LogP contribution >= 0.6 is 0 Å². The summed E-state index contributed by atoms with van der Waals surface area (Å²) in [4.78, 5) is 0. The third-order valence-corrected chi connectivity index (χ3v) is 6.80. The maximum Gasteiger partial charge on any atom is 0.00109 e. The van der Waals surface area contributed by atoms with Gasteiger partial charge in [0.2, 0.25) is 0 Å². The van der Waals surface area contributed by atoms with Crippen LogP contribution in [0.4, 0.5) is 0 Å². The van der Waals surface area contributed by atoms with Crippen LogP contribution in [-0.2, 0) is 19.3 Å². The monoisotopic (exact) mass is 432 g/mol. The molecule has 0 unspecified atom stereocenters. The third kappa shape index (κ3) is 4.96. The Bertz CT molecular complexity index is 1200. The van der Waals surface area contributed by atoms with E-state index in [0.717, 1.165) is 19.3 Å². The van der Waals surface area contributed by atoms with Crippen LogP contribution in [0.1, 0.15) is 61.9 Å². The first-order valence-electron chi connectivity index (χ1n) is 12.3. The van der Waals surface area contributed by atoms with Crippen molar-refractivity contribution < 1.29 is 0 Å². The van der Waals surface area contributed by atoms with Gasteiger partial charge in [0.1, 0.15) is 0 Å². The number of benzene rings is 2. The second-order valence-electron chi connectivity index (χ2n) is 9.80. The summed E-state index contributed by atoms with van der Waals surface area (Å²) < 4.78 is 0. The summed E-state index contributed by atoms with van der Waals surface area (Å²) in [7, 11) is 0. The second-order valence-corrected chi connectivity index (χ2v) is 9.80. The van der Waals surface area contributed by atoms with Crippen LogP contribution in [0.3, 0.4) is 0 Å². The Morgan fingerprint density at radius 3 is 2.55 bits per heavy atom. The lowest BCUT2D eigenvalue weighted by Gasteiger charge is -2.15. The molecule has 0 N–H and O–H groups in total. The minimum absolute atomic E-state index is 0.0389. The van der Waals surface area contributed by atoms with E-state index in [9.17, 15) is 0 Å². The lowest BCUT2D eigenvalue weighted by Crippen LogP contribution is -2.02. The van der Waals surface area contributed by atoms with Gasteiger partial charge in [0.25, 0.3) is 0 Å². The molecule has 0 saturated heterocycles. The average Bonchev–Trinajstić information content (AvgIpc) is 3.34. The topological polar surface area (TPSA) is 0 Å². The van der Waals surface area contributed by atoms with Gasteiger partial charge in [-0.2, -0.15) is 0 Å². The summed E-state index contributed by atoms with van der Waals surface area (Å²) in [5, 5.41) is 0. The molecule has 0 aliphatic heterocycles. The van der Waals surface area contributed by atoms with Gasteiger partial charge < -0.3 is 0 Å². The van der Waals surface area contributed by atoms with Gasteiger partial charge in [-0.1, -0.05) is 119 Å². The molecule has 2 aliphatic carbocycles. The van der Waals surface area contributed by atoms with Crippen molar-refractivity contribution in [1.82, 2.24) is 0 Å². The molecule has 0 spiro atoms. The maximum absolute atomic E-state index is 4.09.